The van der Waals surface area contributed by atoms with Crippen LogP contribution in [0.15, 0.2) is 0 Å². The highest BCUT2D eigenvalue weighted by molar-refractivity contribution is 4.99. The Morgan fingerprint density at radius 3 is 2.53 bits per heavy atom. The Morgan fingerprint density at radius 1 is 1.11 bits per heavy atom. The molecule has 0 aromatic carbocycles. The highest BCUT2D eigenvalue weighted by atomic mass is 15.3. The van der Waals surface area contributed by atoms with Crippen molar-refractivity contribution in [1.82, 2.24) is 15.1 Å². The lowest BCUT2D eigenvalue weighted by Crippen LogP contribution is -2.64. The molecule has 0 aromatic heterocycles. The number of nitrogens with zero attached hydrogens (tertiary/aromatic N) is 2. The molecule has 0 spiro atoms. The zero-order valence-electron chi connectivity index (χ0n) is 13.2. The van der Waals surface area contributed by atoms with E-state index in [0.29, 0.717) is 5.54 Å². The van der Waals surface area contributed by atoms with Gasteiger partial charge >= 0.3 is 0 Å². The largest absolute Gasteiger partial charge is 0.314 e. The van der Waals surface area contributed by atoms with Gasteiger partial charge in [0.05, 0.1) is 0 Å². The van der Waals surface area contributed by atoms with E-state index in [1.165, 1.54) is 71.4 Å². The topological polar surface area (TPSA) is 18.5 Å². The lowest BCUT2D eigenvalue weighted by Gasteiger charge is -2.53. The van der Waals surface area contributed by atoms with Crippen molar-refractivity contribution in [2.45, 2.75) is 64.5 Å². The number of hydrogen-bond donors (Lipinski definition) is 1. The zero-order valence-corrected chi connectivity index (χ0v) is 13.2. The van der Waals surface area contributed by atoms with Gasteiger partial charge in [-0.2, -0.15) is 0 Å². The molecule has 2 aliphatic rings. The summed E-state index contributed by atoms with van der Waals surface area (Å²) in [6.45, 7) is 14.7. The number of piperidine rings is 1. The Hall–Kier alpha value is -0.120. The van der Waals surface area contributed by atoms with E-state index in [1.807, 2.05) is 0 Å². The number of unbranched alkanes of at least 4 members (excludes halogenated alkanes) is 2. The van der Waals surface area contributed by atoms with Gasteiger partial charge in [-0.05, 0) is 46.2 Å². The summed E-state index contributed by atoms with van der Waals surface area (Å²) in [6, 6.07) is 0.755. The van der Waals surface area contributed by atoms with Gasteiger partial charge in [0.15, 0.2) is 0 Å². The summed E-state index contributed by atoms with van der Waals surface area (Å²) in [5.41, 5.74) is 0.351. The molecule has 19 heavy (non-hydrogen) atoms. The van der Waals surface area contributed by atoms with E-state index in [-0.39, 0.29) is 0 Å². The first kappa shape index (κ1) is 15.3. The van der Waals surface area contributed by atoms with Crippen LogP contribution < -0.4 is 5.32 Å². The minimum atomic E-state index is 0.351. The molecule has 2 rings (SSSR count). The van der Waals surface area contributed by atoms with E-state index in [9.17, 15) is 0 Å². The highest BCUT2D eigenvalue weighted by Crippen LogP contribution is 2.32. The molecule has 0 bridgehead atoms. The van der Waals surface area contributed by atoms with Gasteiger partial charge in [-0.1, -0.05) is 19.8 Å². The molecule has 112 valence electrons. The van der Waals surface area contributed by atoms with Crippen LogP contribution in [0.1, 0.15) is 52.9 Å². The number of hydrogen-bond acceptors (Lipinski definition) is 3. The lowest BCUT2D eigenvalue weighted by atomic mass is 9.83. The molecule has 2 aliphatic heterocycles. The third kappa shape index (κ3) is 3.71. The van der Waals surface area contributed by atoms with Gasteiger partial charge in [0.1, 0.15) is 0 Å². The van der Waals surface area contributed by atoms with Gasteiger partial charge in [0.2, 0.25) is 0 Å². The average molecular weight is 267 g/mol. The van der Waals surface area contributed by atoms with E-state index in [2.05, 4.69) is 35.9 Å². The molecule has 2 saturated heterocycles. The number of rotatable bonds is 5. The third-order valence-electron chi connectivity index (χ3n) is 5.16. The van der Waals surface area contributed by atoms with Crippen molar-refractivity contribution in [2.75, 3.05) is 39.3 Å². The molecule has 0 saturated carbocycles. The SMILES string of the molecule is CCCCCN1CCCC(N2CCNCC2)C1(C)C. The quantitative estimate of drug-likeness (QED) is 0.771. The number of piperazine rings is 1. The van der Waals surface area contributed by atoms with Gasteiger partial charge in [-0.3, -0.25) is 9.80 Å². The van der Waals surface area contributed by atoms with Crippen LogP contribution in [0.2, 0.25) is 0 Å². The summed E-state index contributed by atoms with van der Waals surface area (Å²) >= 11 is 0. The van der Waals surface area contributed by atoms with Crippen LogP contribution in [0.25, 0.3) is 0 Å². The maximum absolute atomic E-state index is 3.48. The maximum Gasteiger partial charge on any atom is 0.0308 e. The van der Waals surface area contributed by atoms with E-state index in [0.717, 1.165) is 6.04 Å². The van der Waals surface area contributed by atoms with E-state index >= 15 is 0 Å². The van der Waals surface area contributed by atoms with E-state index < -0.39 is 0 Å². The summed E-state index contributed by atoms with van der Waals surface area (Å²) < 4.78 is 0. The maximum atomic E-state index is 3.48. The zero-order chi connectivity index (χ0) is 13.7. The van der Waals surface area contributed by atoms with Crippen molar-refractivity contribution in [1.29, 1.82) is 0 Å². The van der Waals surface area contributed by atoms with Crippen LogP contribution in [0.5, 0.6) is 0 Å². The molecule has 0 aromatic rings. The fourth-order valence-electron chi connectivity index (χ4n) is 3.90. The first-order valence-electron chi connectivity index (χ1n) is 8.36. The molecule has 0 amide bonds. The minimum absolute atomic E-state index is 0.351. The van der Waals surface area contributed by atoms with Crippen molar-refractivity contribution < 1.29 is 0 Å². The van der Waals surface area contributed by atoms with E-state index in [4.69, 9.17) is 0 Å². The summed E-state index contributed by atoms with van der Waals surface area (Å²) in [4.78, 5) is 5.50. The first-order valence-corrected chi connectivity index (χ1v) is 8.36. The van der Waals surface area contributed by atoms with Crippen molar-refractivity contribution >= 4 is 0 Å². The molecule has 0 aliphatic carbocycles. The molecular weight excluding hydrogens is 234 g/mol. The van der Waals surface area contributed by atoms with Crippen LogP contribution in [0.3, 0.4) is 0 Å². The van der Waals surface area contributed by atoms with Crippen LogP contribution >= 0.6 is 0 Å². The van der Waals surface area contributed by atoms with Crippen molar-refractivity contribution in [2.24, 2.45) is 0 Å². The standard InChI is InChI=1S/C16H33N3/c1-4-5-6-11-19-12-7-8-15(16(19,2)3)18-13-9-17-10-14-18/h15,17H,4-14H2,1-3H3. The minimum Gasteiger partial charge on any atom is -0.314 e. The number of nitrogens with one attached hydrogen (secondary N) is 1. The number of likely N-dealkylation sites (tertiary alicyclic amines) is 1. The van der Waals surface area contributed by atoms with Crippen molar-refractivity contribution in [3.8, 4) is 0 Å². The summed E-state index contributed by atoms with van der Waals surface area (Å²) in [6.07, 6.45) is 6.84. The predicted octanol–water partition coefficient (Wildman–Crippen LogP) is 2.32. The molecule has 0 radical (unpaired) electrons. The van der Waals surface area contributed by atoms with Gasteiger partial charge in [-0.25, -0.2) is 0 Å². The normalized spacial score (nSPS) is 29.5. The molecule has 2 fully saturated rings. The van der Waals surface area contributed by atoms with Crippen LogP contribution in [0, 0.1) is 0 Å². The monoisotopic (exact) mass is 267 g/mol. The molecule has 1 N–H and O–H groups in total. The van der Waals surface area contributed by atoms with E-state index in [1.54, 1.807) is 0 Å². The summed E-state index contributed by atoms with van der Waals surface area (Å²) in [5.74, 6) is 0. The fraction of sp³-hybridized carbons (Fsp3) is 1.00. The molecule has 3 heteroatoms. The van der Waals surface area contributed by atoms with Gasteiger partial charge in [0.25, 0.3) is 0 Å². The smallest absolute Gasteiger partial charge is 0.0308 e. The lowest BCUT2D eigenvalue weighted by molar-refractivity contribution is -0.0210. The molecule has 2 heterocycles. The fourth-order valence-corrected chi connectivity index (χ4v) is 3.90. The Morgan fingerprint density at radius 2 is 1.84 bits per heavy atom. The Kier molecular flexibility index (Phi) is 5.67. The Bertz CT molecular complexity index is 259. The van der Waals surface area contributed by atoms with Gasteiger partial charge in [-0.15, -0.1) is 0 Å². The summed E-state index contributed by atoms with van der Waals surface area (Å²) in [5, 5.41) is 3.48. The molecule has 3 nitrogen and oxygen atoms in total. The highest BCUT2D eigenvalue weighted by Gasteiger charge is 2.41. The summed E-state index contributed by atoms with van der Waals surface area (Å²) in [7, 11) is 0. The molecule has 1 unspecified atom stereocenters. The average Bonchev–Trinajstić information content (AvgIpc) is 2.41. The second-order valence-electron chi connectivity index (χ2n) is 6.79. The Labute approximate surface area is 119 Å². The predicted molar refractivity (Wildman–Crippen MR) is 82.6 cm³/mol. The second-order valence-corrected chi connectivity index (χ2v) is 6.79. The van der Waals surface area contributed by atoms with Crippen LogP contribution in [0.4, 0.5) is 0 Å². The van der Waals surface area contributed by atoms with Crippen molar-refractivity contribution in [3.05, 3.63) is 0 Å². The van der Waals surface area contributed by atoms with Gasteiger partial charge in [0, 0.05) is 37.8 Å². The van der Waals surface area contributed by atoms with Crippen molar-refractivity contribution in [3.63, 3.8) is 0 Å². The Balaban J connectivity index is 1.95. The molecule has 1 atom stereocenters. The van der Waals surface area contributed by atoms with Crippen LogP contribution in [-0.2, 0) is 0 Å². The van der Waals surface area contributed by atoms with Gasteiger partial charge < -0.3 is 5.32 Å². The third-order valence-corrected chi connectivity index (χ3v) is 5.16. The van der Waals surface area contributed by atoms with Crippen LogP contribution in [-0.4, -0.2) is 60.6 Å². The first-order chi connectivity index (χ1) is 9.16. The second kappa shape index (κ2) is 7.05. The molecular formula is C16H33N3.